The molecule has 2 nitrogen and oxygen atoms in total. The standard InChI is InChI=1S/C29H43N2.Li/c1-18(2)24-13-11-14-25(19(3)4)28(24)30-22(9)17-23(10)31-29-26(20(5)6)15-12-16-27(29)21(7)8;/h11-21,23,30-31H,9H2,1-8,10H3;. The van der Waals surface area contributed by atoms with Crippen LogP contribution >= 0.6 is 0 Å². The third-order valence-electron chi connectivity index (χ3n) is 6.24. The first-order valence-electron chi connectivity index (χ1n) is 12.6. The van der Waals surface area contributed by atoms with Crippen LogP contribution in [0.25, 0.3) is 0 Å². The van der Waals surface area contributed by atoms with Gasteiger partial charge in [0.15, 0.2) is 0 Å². The van der Waals surface area contributed by atoms with Gasteiger partial charge in [-0.15, -0.1) is 0 Å². The molecule has 32 heavy (non-hydrogen) atoms. The van der Waals surface area contributed by atoms with Crippen molar-refractivity contribution in [2.24, 2.45) is 0 Å². The Bertz CT molecular complexity index is 857. The average molecular weight is 427 g/mol. The van der Waals surface area contributed by atoms with Crippen molar-refractivity contribution in [1.29, 1.82) is 0 Å². The molecule has 2 aromatic carbocycles. The zero-order valence-corrected chi connectivity index (χ0v) is 22.1. The number of hydrogen-bond acceptors (Lipinski definition) is 2. The van der Waals surface area contributed by atoms with Gasteiger partial charge in [-0.1, -0.05) is 0 Å². The fraction of sp³-hybridized carbons (Fsp3) is 0.517. The molecule has 0 heterocycles. The molecule has 1 unspecified atom stereocenters. The zero-order valence-electron chi connectivity index (χ0n) is 22.1. The van der Waals surface area contributed by atoms with Crippen LogP contribution in [-0.2, 0) is 0 Å². The predicted octanol–water partition coefficient (Wildman–Crippen LogP) is 8.56. The van der Waals surface area contributed by atoms with Crippen molar-refractivity contribution in [2.45, 2.75) is 97.1 Å². The molecule has 0 aromatic heterocycles. The van der Waals surface area contributed by atoms with Crippen LogP contribution in [0.4, 0.5) is 11.4 Å². The Morgan fingerprint density at radius 2 is 1.06 bits per heavy atom. The molecule has 0 aliphatic carbocycles. The van der Waals surface area contributed by atoms with Gasteiger partial charge >= 0.3 is 207 Å². The van der Waals surface area contributed by atoms with Crippen LogP contribution in [-0.4, -0.2) is 23.8 Å². The third kappa shape index (κ3) is 6.69. The SMILES string of the molecule is [Li][CH2]C(=CC(C)Nc1c(C(C)C)cccc1C(C)C)Nc1c(C(C)C)cccc1C(C)C. The van der Waals surface area contributed by atoms with Gasteiger partial charge in [0.05, 0.1) is 0 Å². The van der Waals surface area contributed by atoms with Crippen LogP contribution in [0.5, 0.6) is 0 Å². The van der Waals surface area contributed by atoms with Crippen LogP contribution in [0.1, 0.15) is 108 Å². The molecule has 0 saturated heterocycles. The van der Waals surface area contributed by atoms with Crippen LogP contribution < -0.4 is 10.6 Å². The van der Waals surface area contributed by atoms with Crippen molar-refractivity contribution in [1.82, 2.24) is 0 Å². The first-order chi connectivity index (χ1) is 15.1. The maximum absolute atomic E-state index is 3.85. The Morgan fingerprint density at radius 1 is 0.688 bits per heavy atom. The second-order valence-electron chi connectivity index (χ2n) is 10.3. The summed E-state index contributed by atoms with van der Waals surface area (Å²) in [6.45, 7) is 20.5. The van der Waals surface area contributed by atoms with E-state index < -0.39 is 0 Å². The monoisotopic (exact) mass is 426 g/mol. The van der Waals surface area contributed by atoms with Crippen LogP contribution in [0.3, 0.4) is 0 Å². The number of hydrogen-bond donors (Lipinski definition) is 2. The second-order valence-corrected chi connectivity index (χ2v) is 10.3. The van der Waals surface area contributed by atoms with Gasteiger partial charge < -0.3 is 0 Å². The average Bonchev–Trinajstić information content (AvgIpc) is 2.72. The number of anilines is 2. The Morgan fingerprint density at radius 3 is 1.41 bits per heavy atom. The minimum absolute atomic E-state index is 0.226. The van der Waals surface area contributed by atoms with Gasteiger partial charge in [-0.2, -0.15) is 0 Å². The van der Waals surface area contributed by atoms with Crippen molar-refractivity contribution in [3.8, 4) is 0 Å². The summed E-state index contributed by atoms with van der Waals surface area (Å²) in [7, 11) is 0. The molecule has 0 fully saturated rings. The summed E-state index contributed by atoms with van der Waals surface area (Å²) in [5, 5.41) is 8.66. The fourth-order valence-corrected chi connectivity index (χ4v) is 4.39. The van der Waals surface area contributed by atoms with E-state index in [2.05, 4.69) is 133 Å². The molecule has 0 spiro atoms. The summed E-state index contributed by atoms with van der Waals surface area (Å²) in [4.78, 5) is 0. The minimum atomic E-state index is 0.226. The zero-order chi connectivity index (χ0) is 24.0. The quantitative estimate of drug-likeness (QED) is 0.372. The van der Waals surface area contributed by atoms with Crippen LogP contribution in [0.2, 0.25) is 5.09 Å². The predicted molar refractivity (Wildman–Crippen MR) is 145 cm³/mol. The molecule has 1 atom stereocenters. The molecule has 2 rings (SSSR count). The molecule has 0 aliphatic rings. The Balaban J connectivity index is 2.39. The van der Waals surface area contributed by atoms with Gasteiger partial charge in [-0.05, 0) is 0 Å². The Labute approximate surface area is 206 Å². The first-order valence-corrected chi connectivity index (χ1v) is 12.6. The Kier molecular flexibility index (Phi) is 10.00. The van der Waals surface area contributed by atoms with Crippen molar-refractivity contribution < 1.29 is 0 Å². The molecule has 0 aliphatic heterocycles. The summed E-state index contributed by atoms with van der Waals surface area (Å²) in [5.74, 6) is 1.94. The van der Waals surface area contributed by atoms with E-state index in [4.69, 9.17) is 0 Å². The van der Waals surface area contributed by atoms with E-state index in [1.54, 1.807) is 0 Å². The van der Waals surface area contributed by atoms with E-state index in [1.165, 1.54) is 39.3 Å². The molecule has 2 aromatic rings. The number of benzene rings is 2. The number of allylic oxidation sites excluding steroid dienone is 1. The van der Waals surface area contributed by atoms with E-state index in [0.717, 1.165) is 5.09 Å². The number of nitrogens with one attached hydrogen (secondary N) is 2. The molecular weight excluding hydrogens is 383 g/mol. The van der Waals surface area contributed by atoms with Crippen molar-refractivity contribution >= 4 is 29.1 Å². The van der Waals surface area contributed by atoms with Gasteiger partial charge in [0.2, 0.25) is 0 Å². The summed E-state index contributed by atoms with van der Waals surface area (Å²) >= 11 is 2.24. The second kappa shape index (κ2) is 12.0. The third-order valence-corrected chi connectivity index (χ3v) is 6.24. The van der Waals surface area contributed by atoms with Gasteiger partial charge in [0.25, 0.3) is 0 Å². The van der Waals surface area contributed by atoms with E-state index in [0.29, 0.717) is 23.7 Å². The fourth-order valence-electron chi connectivity index (χ4n) is 4.39. The molecule has 3 heteroatoms. The summed E-state index contributed by atoms with van der Waals surface area (Å²) in [6, 6.07) is 13.7. The molecule has 0 amide bonds. The van der Waals surface area contributed by atoms with E-state index >= 15 is 0 Å². The number of para-hydroxylation sites is 2. The van der Waals surface area contributed by atoms with Crippen molar-refractivity contribution in [3.05, 3.63) is 70.4 Å². The van der Waals surface area contributed by atoms with Gasteiger partial charge in [0.1, 0.15) is 0 Å². The van der Waals surface area contributed by atoms with E-state index in [-0.39, 0.29) is 6.04 Å². The summed E-state index contributed by atoms with van der Waals surface area (Å²) in [6.07, 6.45) is 2.36. The normalized spacial score (nSPS) is 13.4. The first kappa shape index (κ1) is 26.6. The molecule has 2 N–H and O–H groups in total. The van der Waals surface area contributed by atoms with Crippen molar-refractivity contribution in [3.63, 3.8) is 0 Å². The molecule has 170 valence electrons. The molecule has 0 bridgehead atoms. The topological polar surface area (TPSA) is 24.1 Å². The van der Waals surface area contributed by atoms with Crippen LogP contribution in [0.15, 0.2) is 48.2 Å². The molecule has 0 radical (unpaired) electrons. The Hall–Kier alpha value is -1.62. The molecular formula is C29H43LiN2. The van der Waals surface area contributed by atoms with Gasteiger partial charge in [0, 0.05) is 0 Å². The van der Waals surface area contributed by atoms with Gasteiger partial charge in [-0.25, -0.2) is 0 Å². The number of rotatable bonds is 10. The van der Waals surface area contributed by atoms with E-state index in [9.17, 15) is 0 Å². The molecule has 0 saturated carbocycles. The summed E-state index contributed by atoms with van der Waals surface area (Å²) < 4.78 is 0. The van der Waals surface area contributed by atoms with Crippen LogP contribution in [0, 0.1) is 0 Å². The van der Waals surface area contributed by atoms with Gasteiger partial charge in [-0.3, -0.25) is 0 Å². The van der Waals surface area contributed by atoms with Crippen molar-refractivity contribution in [2.75, 3.05) is 10.6 Å². The maximum atomic E-state index is 3.85. The van der Waals surface area contributed by atoms with E-state index in [1.807, 2.05) is 0 Å². The summed E-state index contributed by atoms with van der Waals surface area (Å²) in [5.41, 5.74) is 9.45.